The van der Waals surface area contributed by atoms with E-state index < -0.39 is 0 Å². The SMILES string of the molecule is CC1(C)c2ccccc2-c2ccc(-c3ccc4c(c3)C(C)(C)c3c-4cc4c5c6c(ncc5n5c7cnc8c(c7c3c45)C3CC4CC(CC8C4)C3)C3CC4CC(C3)CC6C4)cc21. The highest BCUT2D eigenvalue weighted by Crippen LogP contribution is 2.63. The van der Waals surface area contributed by atoms with Gasteiger partial charge >= 0.3 is 0 Å². The number of benzene rings is 4. The smallest absolute Gasteiger partial charge is 0.0728 e. The Hall–Kier alpha value is -5.02. The van der Waals surface area contributed by atoms with E-state index in [-0.39, 0.29) is 10.8 Å². The predicted octanol–water partition coefficient (Wildman–Crippen LogP) is 14.7. The largest absolute Gasteiger partial charge is 0.305 e. The molecule has 0 saturated heterocycles. The summed E-state index contributed by atoms with van der Waals surface area (Å²) in [6.45, 7) is 9.91. The molecule has 4 heterocycles. The topological polar surface area (TPSA) is 30.2 Å². The summed E-state index contributed by atoms with van der Waals surface area (Å²) >= 11 is 0. The van der Waals surface area contributed by atoms with Crippen molar-refractivity contribution in [3.63, 3.8) is 0 Å². The molecule has 4 fully saturated rings. The minimum Gasteiger partial charge on any atom is -0.305 e. The third-order valence-electron chi connectivity index (χ3n) is 19.2. The number of fused-ring (bicyclic) bond motifs is 13. The molecule has 0 N–H and O–H groups in total. The van der Waals surface area contributed by atoms with Gasteiger partial charge in [-0.2, -0.15) is 0 Å². The van der Waals surface area contributed by atoms with Crippen LogP contribution < -0.4 is 0 Å². The Kier molecular flexibility index (Phi) is 5.93. The van der Waals surface area contributed by atoms with Gasteiger partial charge in [0.1, 0.15) is 0 Å². The molecule has 3 nitrogen and oxygen atoms in total. The van der Waals surface area contributed by atoms with E-state index in [1.807, 2.05) is 0 Å². The van der Waals surface area contributed by atoms with E-state index >= 15 is 0 Å². The second-order valence-electron chi connectivity index (χ2n) is 23.0. The third kappa shape index (κ3) is 3.94. The second-order valence-corrected chi connectivity index (χ2v) is 23.0. The Bertz CT molecular complexity index is 3310. The minimum atomic E-state index is -0.176. The van der Waals surface area contributed by atoms with Crippen molar-refractivity contribution in [1.82, 2.24) is 14.4 Å². The fourth-order valence-corrected chi connectivity index (χ4v) is 17.1. The number of pyridine rings is 2. The van der Waals surface area contributed by atoms with Crippen LogP contribution in [0.4, 0.5) is 0 Å². The highest BCUT2D eigenvalue weighted by atomic mass is 15.0. The Morgan fingerprint density at radius 2 is 0.984 bits per heavy atom. The van der Waals surface area contributed by atoms with E-state index in [0.29, 0.717) is 23.7 Å². The van der Waals surface area contributed by atoms with Gasteiger partial charge in [-0.1, -0.05) is 76.2 Å². The van der Waals surface area contributed by atoms with E-state index in [9.17, 15) is 0 Å². The van der Waals surface area contributed by atoms with Crippen molar-refractivity contribution in [3.8, 4) is 33.4 Å². The number of aromatic nitrogens is 3. The maximum absolute atomic E-state index is 5.60. The summed E-state index contributed by atoms with van der Waals surface area (Å²) in [5, 5.41) is 6.12. The van der Waals surface area contributed by atoms with Crippen molar-refractivity contribution in [1.29, 1.82) is 0 Å². The molecule has 4 atom stereocenters. The number of hydrogen-bond acceptors (Lipinski definition) is 2. The number of hydrogen-bond donors (Lipinski definition) is 0. The van der Waals surface area contributed by atoms with E-state index in [4.69, 9.17) is 9.97 Å². The molecule has 0 amide bonds. The van der Waals surface area contributed by atoms with Gasteiger partial charge in [0.05, 0.1) is 28.9 Å². The van der Waals surface area contributed by atoms with Crippen LogP contribution in [-0.4, -0.2) is 14.4 Å². The van der Waals surface area contributed by atoms with Crippen LogP contribution in [0, 0.1) is 23.7 Å². The lowest BCUT2D eigenvalue weighted by Gasteiger charge is -2.38. The van der Waals surface area contributed by atoms with Crippen LogP contribution in [0.15, 0.2) is 79.1 Å². The monoisotopic (exact) mass is 791 g/mol. The van der Waals surface area contributed by atoms with Crippen LogP contribution in [0.25, 0.3) is 71.5 Å². The van der Waals surface area contributed by atoms with Gasteiger partial charge < -0.3 is 4.40 Å². The van der Waals surface area contributed by atoms with Crippen molar-refractivity contribution in [2.75, 3.05) is 0 Å². The van der Waals surface area contributed by atoms with Gasteiger partial charge in [0.25, 0.3) is 0 Å². The average molecular weight is 792 g/mol. The number of nitrogens with zero attached hydrogens (tertiary/aromatic N) is 3. The summed E-state index contributed by atoms with van der Waals surface area (Å²) in [5.74, 6) is 5.94. The van der Waals surface area contributed by atoms with E-state index in [2.05, 4.69) is 111 Å². The van der Waals surface area contributed by atoms with Crippen molar-refractivity contribution >= 4 is 38.1 Å². The zero-order valence-corrected chi connectivity index (χ0v) is 36.0. The maximum atomic E-state index is 5.60. The first-order chi connectivity index (χ1) is 29.7. The van der Waals surface area contributed by atoms with Crippen LogP contribution in [0.3, 0.4) is 0 Å². The Balaban J connectivity index is 0.986. The van der Waals surface area contributed by atoms with Crippen LogP contribution in [0.1, 0.15) is 160 Å². The Morgan fingerprint density at radius 1 is 0.475 bits per heavy atom. The van der Waals surface area contributed by atoms with E-state index in [0.717, 1.165) is 23.7 Å². The molecule has 10 aliphatic rings. The summed E-state index contributed by atoms with van der Waals surface area (Å²) in [4.78, 5) is 11.2. The van der Waals surface area contributed by atoms with Crippen molar-refractivity contribution in [3.05, 3.63) is 124 Å². The van der Waals surface area contributed by atoms with Gasteiger partial charge in [-0.05, 0) is 185 Å². The van der Waals surface area contributed by atoms with Crippen LogP contribution in [0.2, 0.25) is 0 Å². The van der Waals surface area contributed by atoms with E-state index in [1.54, 1.807) is 27.5 Å². The molecule has 8 bridgehead atoms. The van der Waals surface area contributed by atoms with Crippen molar-refractivity contribution < 1.29 is 0 Å². The predicted molar refractivity (Wildman–Crippen MR) is 248 cm³/mol. The summed E-state index contributed by atoms with van der Waals surface area (Å²) in [6, 6.07) is 26.6. The summed E-state index contributed by atoms with van der Waals surface area (Å²) in [7, 11) is 0. The standard InChI is InChI=1S/C58H53N3/c1-57(2)43-8-6-5-7-38(43)39-11-9-32(23-44(39)57)33-10-12-40-41-25-42-50-46(26-59-54-36-19-28-13-29(20-36)16-34(15-28)48(50)54)61-47-27-60-55-37-21-30-14-31(22-37)18-35(17-30)49(55)51(47)52(56(42)61)53(41)58(3,4)45(40)24-33/h5-12,23-31,34-37H,13-22H2,1-4H3. The molecular weight excluding hydrogens is 739 g/mol. The summed E-state index contributed by atoms with van der Waals surface area (Å²) in [6.07, 6.45) is 18.3. The molecule has 300 valence electrons. The molecule has 18 rings (SSSR count). The first-order valence-electron chi connectivity index (χ1n) is 24.2. The highest BCUT2D eigenvalue weighted by Gasteiger charge is 2.48. The third-order valence-corrected chi connectivity index (χ3v) is 19.2. The molecular formula is C58H53N3. The molecule has 0 radical (unpaired) electrons. The lowest BCUT2D eigenvalue weighted by Crippen LogP contribution is -2.25. The van der Waals surface area contributed by atoms with Gasteiger partial charge in [-0.25, -0.2) is 0 Å². The zero-order valence-electron chi connectivity index (χ0n) is 36.0. The number of rotatable bonds is 1. The Labute approximate surface area is 358 Å². The van der Waals surface area contributed by atoms with Gasteiger partial charge in [0.2, 0.25) is 0 Å². The fourth-order valence-electron chi connectivity index (χ4n) is 17.1. The van der Waals surface area contributed by atoms with Crippen LogP contribution >= 0.6 is 0 Å². The van der Waals surface area contributed by atoms with Gasteiger partial charge in [0, 0.05) is 55.6 Å². The molecule has 10 aliphatic carbocycles. The van der Waals surface area contributed by atoms with Crippen molar-refractivity contribution in [2.24, 2.45) is 23.7 Å². The average Bonchev–Trinajstić information content (AvgIpc) is 3.83. The molecule has 0 spiro atoms. The van der Waals surface area contributed by atoms with Crippen LogP contribution in [0.5, 0.6) is 0 Å². The lowest BCUT2D eigenvalue weighted by atomic mass is 9.67. The molecule has 0 aliphatic heterocycles. The van der Waals surface area contributed by atoms with Gasteiger partial charge in [-0.15, -0.1) is 0 Å². The van der Waals surface area contributed by atoms with E-state index in [1.165, 1.54) is 153 Å². The molecule has 61 heavy (non-hydrogen) atoms. The van der Waals surface area contributed by atoms with Gasteiger partial charge in [0.15, 0.2) is 0 Å². The zero-order chi connectivity index (χ0) is 40.0. The summed E-state index contributed by atoms with van der Waals surface area (Å²) < 4.78 is 2.70. The highest BCUT2D eigenvalue weighted by molar-refractivity contribution is 6.28. The van der Waals surface area contributed by atoms with Gasteiger partial charge in [-0.3, -0.25) is 9.97 Å². The first-order valence-corrected chi connectivity index (χ1v) is 24.2. The normalized spacial score (nSPS) is 29.9. The molecule has 8 aromatic rings. The molecule has 4 aromatic heterocycles. The molecule has 4 unspecified atom stereocenters. The molecule has 4 aromatic carbocycles. The molecule has 3 heteroatoms. The fraction of sp³-hybridized carbons (Fsp3) is 0.414. The molecule has 4 saturated carbocycles. The minimum absolute atomic E-state index is 0.0210. The maximum Gasteiger partial charge on any atom is 0.0728 e. The Morgan fingerprint density at radius 3 is 1.61 bits per heavy atom. The second kappa shape index (κ2) is 10.8. The first kappa shape index (κ1) is 33.6. The quantitative estimate of drug-likeness (QED) is 0.166. The van der Waals surface area contributed by atoms with Crippen molar-refractivity contribution in [2.45, 2.75) is 126 Å². The summed E-state index contributed by atoms with van der Waals surface area (Å²) in [5.41, 5.74) is 24.4. The van der Waals surface area contributed by atoms with Crippen LogP contribution in [-0.2, 0) is 10.8 Å². The lowest BCUT2D eigenvalue weighted by molar-refractivity contribution is 0.165.